The molecule has 0 aliphatic carbocycles. The van der Waals surface area contributed by atoms with E-state index in [9.17, 15) is 27.6 Å². The van der Waals surface area contributed by atoms with Crippen molar-refractivity contribution in [1.29, 1.82) is 0 Å². The van der Waals surface area contributed by atoms with Crippen molar-refractivity contribution in [3.63, 3.8) is 0 Å². The first-order chi connectivity index (χ1) is 19.0. The summed E-state index contributed by atoms with van der Waals surface area (Å²) in [5.74, 6) is -2.85. The summed E-state index contributed by atoms with van der Waals surface area (Å²) >= 11 is 0. The van der Waals surface area contributed by atoms with Crippen molar-refractivity contribution >= 4 is 22.9 Å². The van der Waals surface area contributed by atoms with Crippen LogP contribution in [0.3, 0.4) is 0 Å². The van der Waals surface area contributed by atoms with Crippen LogP contribution in [0.4, 0.5) is 13.2 Å². The van der Waals surface area contributed by atoms with Gasteiger partial charge in [0.25, 0.3) is 0 Å². The fraction of sp³-hybridized carbons (Fsp3) is 0.276. The number of hydrogen-bond donors (Lipinski definition) is 1. The summed E-state index contributed by atoms with van der Waals surface area (Å²) in [6.07, 6.45) is -4.53. The Labute approximate surface area is 227 Å². The van der Waals surface area contributed by atoms with Crippen molar-refractivity contribution in [2.75, 3.05) is 20.3 Å². The number of allylic oxidation sites excluding steroid dienone is 2. The molecule has 4 rings (SSSR count). The molecule has 1 N–H and O–H groups in total. The molecule has 0 saturated carbocycles. The molecule has 1 atom stereocenters. The number of esters is 2. The third-order valence-corrected chi connectivity index (χ3v) is 6.35. The van der Waals surface area contributed by atoms with Gasteiger partial charge < -0.3 is 23.9 Å². The van der Waals surface area contributed by atoms with E-state index in [1.807, 2.05) is 0 Å². The third kappa shape index (κ3) is 5.88. The predicted octanol–water partition coefficient (Wildman–Crippen LogP) is 5.23. The number of dihydropyridines is 1. The topological polar surface area (TPSA) is 104 Å². The number of para-hydroxylation sites is 1. The van der Waals surface area contributed by atoms with Gasteiger partial charge in [-0.1, -0.05) is 30.3 Å². The quantitative estimate of drug-likeness (QED) is 0.228. The van der Waals surface area contributed by atoms with Gasteiger partial charge in [0, 0.05) is 17.8 Å². The second-order valence-corrected chi connectivity index (χ2v) is 8.98. The molecule has 0 amide bonds. The lowest BCUT2D eigenvalue weighted by molar-refractivity contribution is -0.141. The number of carbonyl (C=O) groups excluding carboxylic acids is 2. The Balaban J connectivity index is 1.55. The van der Waals surface area contributed by atoms with E-state index in [-0.39, 0.29) is 47.7 Å². The molecule has 1 aliphatic rings. The van der Waals surface area contributed by atoms with Gasteiger partial charge in [-0.3, -0.25) is 0 Å². The SMILES string of the molecule is COC(=O)C1=C(C)NC(C)=C(C(=O)OCCCOc2cc(=O)oc3ccccc23)C1c1ccccc1C(F)(F)F. The fourth-order valence-corrected chi connectivity index (χ4v) is 4.65. The van der Waals surface area contributed by atoms with Gasteiger partial charge >= 0.3 is 23.7 Å². The van der Waals surface area contributed by atoms with Crippen LogP contribution >= 0.6 is 0 Å². The highest BCUT2D eigenvalue weighted by Crippen LogP contribution is 2.44. The molecular weight excluding hydrogens is 531 g/mol. The van der Waals surface area contributed by atoms with Crippen LogP contribution in [0.5, 0.6) is 5.75 Å². The van der Waals surface area contributed by atoms with Gasteiger partial charge in [0.1, 0.15) is 11.3 Å². The summed E-state index contributed by atoms with van der Waals surface area (Å²) in [5.41, 5.74) is -1.25. The smallest absolute Gasteiger partial charge is 0.416 e. The molecule has 3 aromatic rings. The van der Waals surface area contributed by atoms with Crippen LogP contribution in [0.25, 0.3) is 11.0 Å². The van der Waals surface area contributed by atoms with E-state index in [2.05, 4.69) is 5.32 Å². The molecule has 0 spiro atoms. The Morgan fingerprint density at radius 3 is 2.30 bits per heavy atom. The highest BCUT2D eigenvalue weighted by molar-refractivity contribution is 6.00. The van der Waals surface area contributed by atoms with E-state index < -0.39 is 35.2 Å². The monoisotopic (exact) mass is 557 g/mol. The van der Waals surface area contributed by atoms with Crippen molar-refractivity contribution in [2.45, 2.75) is 32.4 Å². The maximum absolute atomic E-state index is 14.0. The minimum atomic E-state index is -4.74. The number of fused-ring (bicyclic) bond motifs is 1. The molecular formula is C29H26F3NO7. The van der Waals surface area contributed by atoms with Crippen molar-refractivity contribution in [3.8, 4) is 5.75 Å². The average Bonchev–Trinajstić information content (AvgIpc) is 2.91. The normalized spacial score (nSPS) is 15.6. The van der Waals surface area contributed by atoms with Crippen LogP contribution in [-0.2, 0) is 25.2 Å². The molecule has 0 bridgehead atoms. The highest BCUT2D eigenvalue weighted by Gasteiger charge is 2.43. The van der Waals surface area contributed by atoms with Crippen LogP contribution in [-0.4, -0.2) is 32.3 Å². The van der Waals surface area contributed by atoms with Crippen molar-refractivity contribution in [2.24, 2.45) is 0 Å². The van der Waals surface area contributed by atoms with Crippen LogP contribution in [0.2, 0.25) is 0 Å². The molecule has 2 aromatic carbocycles. The zero-order valence-corrected chi connectivity index (χ0v) is 21.9. The van der Waals surface area contributed by atoms with E-state index >= 15 is 0 Å². The predicted molar refractivity (Wildman–Crippen MR) is 138 cm³/mol. The molecule has 1 aromatic heterocycles. The summed E-state index contributed by atoms with van der Waals surface area (Å²) in [6.45, 7) is 2.97. The molecule has 0 saturated heterocycles. The molecule has 1 unspecified atom stereocenters. The molecule has 0 radical (unpaired) electrons. The fourth-order valence-electron chi connectivity index (χ4n) is 4.65. The van der Waals surface area contributed by atoms with E-state index in [0.29, 0.717) is 16.7 Å². The van der Waals surface area contributed by atoms with Gasteiger partial charge in [-0.25, -0.2) is 14.4 Å². The lowest BCUT2D eigenvalue weighted by Gasteiger charge is -2.31. The summed E-state index contributed by atoms with van der Waals surface area (Å²) in [4.78, 5) is 37.8. The number of hydrogen-bond acceptors (Lipinski definition) is 8. The van der Waals surface area contributed by atoms with Crippen molar-refractivity contribution in [1.82, 2.24) is 5.32 Å². The maximum atomic E-state index is 14.0. The number of rotatable bonds is 8. The largest absolute Gasteiger partial charge is 0.492 e. The van der Waals surface area contributed by atoms with Gasteiger partial charge in [0.2, 0.25) is 0 Å². The van der Waals surface area contributed by atoms with Crippen LogP contribution in [0, 0.1) is 0 Å². The standard InChI is InChI=1S/C29H26F3NO7/c1-16-24(27(35)37-3)26(18-9-4-6-11-20(18)29(30,31)32)25(17(2)33-16)28(36)39-14-8-13-38-22-15-23(34)40-21-12-7-5-10-19(21)22/h4-7,9-12,15,26,33H,8,13-14H2,1-3H3. The first kappa shape index (κ1) is 28.5. The maximum Gasteiger partial charge on any atom is 0.416 e. The van der Waals surface area contributed by atoms with Gasteiger partial charge in [0.05, 0.1) is 54.4 Å². The van der Waals surface area contributed by atoms with Crippen molar-refractivity contribution in [3.05, 3.63) is 98.7 Å². The first-order valence-electron chi connectivity index (χ1n) is 12.3. The number of ether oxygens (including phenoxy) is 3. The Morgan fingerprint density at radius 1 is 0.950 bits per heavy atom. The van der Waals surface area contributed by atoms with Gasteiger partial charge in [-0.2, -0.15) is 13.2 Å². The average molecular weight is 558 g/mol. The summed E-state index contributed by atoms with van der Waals surface area (Å²) in [7, 11) is 1.11. The lowest BCUT2D eigenvalue weighted by Crippen LogP contribution is -2.33. The molecule has 2 heterocycles. The van der Waals surface area contributed by atoms with Crippen molar-refractivity contribution < 1.29 is 41.4 Å². The second kappa shape index (κ2) is 11.7. The molecule has 8 nitrogen and oxygen atoms in total. The van der Waals surface area contributed by atoms with E-state index in [0.717, 1.165) is 13.2 Å². The Bertz CT molecular complexity index is 1570. The van der Waals surface area contributed by atoms with Gasteiger partial charge in [-0.05, 0) is 37.6 Å². The number of alkyl halides is 3. The van der Waals surface area contributed by atoms with Gasteiger partial charge in [0.15, 0.2) is 0 Å². The summed E-state index contributed by atoms with van der Waals surface area (Å²) in [6, 6.07) is 12.8. The van der Waals surface area contributed by atoms with E-state index in [1.165, 1.54) is 38.1 Å². The summed E-state index contributed by atoms with van der Waals surface area (Å²) in [5, 5.41) is 3.49. The molecule has 1 aliphatic heterocycles. The number of carbonyl (C=O) groups is 2. The molecule has 0 fully saturated rings. The van der Waals surface area contributed by atoms with Crippen LogP contribution in [0.15, 0.2) is 86.3 Å². The minimum Gasteiger partial charge on any atom is -0.492 e. The molecule has 210 valence electrons. The van der Waals surface area contributed by atoms with Crippen LogP contribution in [0.1, 0.15) is 37.3 Å². The first-order valence-corrected chi connectivity index (χ1v) is 12.3. The van der Waals surface area contributed by atoms with E-state index in [1.54, 1.807) is 24.3 Å². The highest BCUT2D eigenvalue weighted by atomic mass is 19.4. The lowest BCUT2D eigenvalue weighted by atomic mass is 9.78. The molecule has 40 heavy (non-hydrogen) atoms. The summed E-state index contributed by atoms with van der Waals surface area (Å²) < 4.78 is 63.0. The second-order valence-electron chi connectivity index (χ2n) is 8.98. The number of halogens is 3. The Morgan fingerprint density at radius 2 is 1.60 bits per heavy atom. The Kier molecular flexibility index (Phi) is 8.32. The molecule has 11 heteroatoms. The zero-order chi connectivity index (χ0) is 29.0. The van der Waals surface area contributed by atoms with Gasteiger partial charge in [-0.15, -0.1) is 0 Å². The number of methoxy groups -OCH3 is 1. The van der Waals surface area contributed by atoms with Crippen LogP contribution < -0.4 is 15.7 Å². The Hall–Kier alpha value is -4.54. The van der Waals surface area contributed by atoms with E-state index in [4.69, 9.17) is 18.6 Å². The number of nitrogens with one attached hydrogen (secondary N) is 1. The third-order valence-electron chi connectivity index (χ3n) is 6.35. The zero-order valence-electron chi connectivity index (χ0n) is 21.9. The minimum absolute atomic E-state index is 0.0732. The number of benzene rings is 2.